The van der Waals surface area contributed by atoms with Crippen LogP contribution in [0.5, 0.6) is 0 Å². The molecule has 0 aliphatic carbocycles. The molecule has 1 aromatic carbocycles. The van der Waals surface area contributed by atoms with Crippen LogP contribution in [0.15, 0.2) is 54.9 Å². The minimum absolute atomic E-state index is 0.0307. The molecular weight excluding hydrogens is 433 g/mol. The largest absolute Gasteiger partial charge is 0.382 e. The molecule has 0 unspecified atom stereocenters. The van der Waals surface area contributed by atoms with Crippen LogP contribution >= 0.6 is 0 Å². The van der Waals surface area contributed by atoms with Crippen molar-refractivity contribution in [1.29, 1.82) is 5.26 Å². The number of fused-ring (bicyclic) bond motifs is 1. The van der Waals surface area contributed by atoms with Crippen LogP contribution in [0.4, 0.5) is 10.2 Å². The van der Waals surface area contributed by atoms with E-state index >= 15 is 0 Å². The Balaban J connectivity index is 1.79. The van der Waals surface area contributed by atoms with Crippen LogP contribution in [0.3, 0.4) is 0 Å². The zero-order valence-electron chi connectivity index (χ0n) is 18.5. The topological polar surface area (TPSA) is 124 Å². The summed E-state index contributed by atoms with van der Waals surface area (Å²) in [5.41, 5.74) is 10.6. The van der Waals surface area contributed by atoms with Crippen LogP contribution in [-0.2, 0) is 6.54 Å². The van der Waals surface area contributed by atoms with E-state index in [4.69, 9.17) is 5.73 Å². The fourth-order valence-electron chi connectivity index (χ4n) is 3.88. The quantitative estimate of drug-likeness (QED) is 0.427. The third-order valence-electron chi connectivity index (χ3n) is 5.41. The highest BCUT2D eigenvalue weighted by Gasteiger charge is 2.24. The van der Waals surface area contributed by atoms with Gasteiger partial charge in [0, 0.05) is 24.0 Å². The molecule has 0 amide bonds. The molecule has 0 saturated heterocycles. The van der Waals surface area contributed by atoms with Crippen molar-refractivity contribution in [3.05, 3.63) is 71.9 Å². The summed E-state index contributed by atoms with van der Waals surface area (Å²) < 4.78 is 16.1. The Hall–Kier alpha value is -4.65. The van der Waals surface area contributed by atoms with Crippen LogP contribution in [0.25, 0.3) is 33.5 Å². The predicted molar refractivity (Wildman–Crippen MR) is 125 cm³/mol. The summed E-state index contributed by atoms with van der Waals surface area (Å²) in [7, 11) is 0. The Morgan fingerprint density at radius 2 is 1.91 bits per heavy atom. The Morgan fingerprint density at radius 3 is 2.68 bits per heavy atom. The van der Waals surface area contributed by atoms with Crippen LogP contribution in [0, 0.1) is 17.1 Å². The Bertz CT molecular complexity index is 1560. The van der Waals surface area contributed by atoms with Gasteiger partial charge in [-0.3, -0.25) is 9.67 Å². The molecule has 34 heavy (non-hydrogen) atoms. The van der Waals surface area contributed by atoms with Crippen molar-refractivity contribution >= 4 is 16.9 Å². The van der Waals surface area contributed by atoms with E-state index in [1.807, 2.05) is 30.7 Å². The first kappa shape index (κ1) is 21.2. The van der Waals surface area contributed by atoms with E-state index in [2.05, 4.69) is 31.3 Å². The summed E-state index contributed by atoms with van der Waals surface area (Å²) in [6.45, 7) is 4.08. The first-order chi connectivity index (χ1) is 16.5. The van der Waals surface area contributed by atoms with Crippen LogP contribution in [0.2, 0.25) is 0 Å². The molecule has 2 N–H and O–H groups in total. The molecule has 0 atom stereocenters. The van der Waals surface area contributed by atoms with Crippen molar-refractivity contribution in [2.75, 3.05) is 5.73 Å². The standard InChI is InChI=1S/C24H20FN9/c1-14(2)34-19(8-10-29-34)20-21(16-6-3-5-15(11-16)12-26)30-24(27)23-22(20)31-33(32-23)13-18-17(25)7-4-9-28-18/h3-11,14H,13H2,1-2H3,(H2,27,30). The van der Waals surface area contributed by atoms with Crippen molar-refractivity contribution in [2.24, 2.45) is 0 Å². The molecule has 4 aromatic heterocycles. The Kier molecular flexibility index (Phi) is 5.22. The molecule has 0 aliphatic heterocycles. The number of nitrogens with zero attached hydrogens (tertiary/aromatic N) is 8. The van der Waals surface area contributed by atoms with E-state index < -0.39 is 5.82 Å². The van der Waals surface area contributed by atoms with E-state index in [0.717, 1.165) is 5.69 Å². The van der Waals surface area contributed by atoms with E-state index in [1.54, 1.807) is 24.4 Å². The molecule has 4 heterocycles. The molecule has 0 spiro atoms. The van der Waals surface area contributed by atoms with Crippen molar-refractivity contribution in [2.45, 2.75) is 26.4 Å². The van der Waals surface area contributed by atoms with Crippen molar-refractivity contribution < 1.29 is 4.39 Å². The average Bonchev–Trinajstić information content (AvgIpc) is 3.48. The summed E-state index contributed by atoms with van der Waals surface area (Å²) in [5.74, 6) is -0.262. The number of hydrogen-bond acceptors (Lipinski definition) is 7. The Morgan fingerprint density at radius 1 is 1.09 bits per heavy atom. The van der Waals surface area contributed by atoms with E-state index in [1.165, 1.54) is 23.1 Å². The number of anilines is 1. The number of benzene rings is 1. The van der Waals surface area contributed by atoms with Crippen LogP contribution < -0.4 is 5.73 Å². The fourth-order valence-corrected chi connectivity index (χ4v) is 3.88. The maximum absolute atomic E-state index is 14.2. The van der Waals surface area contributed by atoms with Gasteiger partial charge in [0.05, 0.1) is 34.3 Å². The zero-order chi connectivity index (χ0) is 23.8. The zero-order valence-corrected chi connectivity index (χ0v) is 18.5. The summed E-state index contributed by atoms with van der Waals surface area (Å²) in [6.07, 6.45) is 3.23. The smallest absolute Gasteiger partial charge is 0.156 e. The second-order valence-electron chi connectivity index (χ2n) is 8.03. The third kappa shape index (κ3) is 3.63. The molecule has 0 aliphatic rings. The SMILES string of the molecule is CC(C)n1nccc1-c1c(-c2cccc(C#N)c2)nc(N)c2nn(Cc3ncccc3F)nc12. The van der Waals surface area contributed by atoms with E-state index in [0.29, 0.717) is 33.4 Å². The lowest BCUT2D eigenvalue weighted by atomic mass is 10.00. The van der Waals surface area contributed by atoms with Gasteiger partial charge in [-0.05, 0) is 44.2 Å². The highest BCUT2D eigenvalue weighted by atomic mass is 19.1. The van der Waals surface area contributed by atoms with E-state index in [-0.39, 0.29) is 24.1 Å². The first-order valence-electron chi connectivity index (χ1n) is 10.6. The van der Waals surface area contributed by atoms with E-state index in [9.17, 15) is 9.65 Å². The van der Waals surface area contributed by atoms with Gasteiger partial charge in [0.1, 0.15) is 17.9 Å². The lowest BCUT2D eigenvalue weighted by molar-refractivity contribution is 0.537. The highest BCUT2D eigenvalue weighted by molar-refractivity contribution is 6.02. The molecule has 5 rings (SSSR count). The molecule has 10 heteroatoms. The number of pyridine rings is 2. The van der Waals surface area contributed by atoms with Gasteiger partial charge in [0.15, 0.2) is 11.3 Å². The van der Waals surface area contributed by atoms with Gasteiger partial charge in [-0.25, -0.2) is 9.37 Å². The molecule has 9 nitrogen and oxygen atoms in total. The molecule has 0 bridgehead atoms. The van der Waals surface area contributed by atoms with Gasteiger partial charge in [-0.15, -0.1) is 5.10 Å². The maximum Gasteiger partial charge on any atom is 0.156 e. The summed E-state index contributed by atoms with van der Waals surface area (Å²) in [6, 6.07) is 14.1. The van der Waals surface area contributed by atoms with Gasteiger partial charge in [0.25, 0.3) is 0 Å². The lowest BCUT2D eigenvalue weighted by Gasteiger charge is -2.15. The van der Waals surface area contributed by atoms with Gasteiger partial charge < -0.3 is 5.73 Å². The van der Waals surface area contributed by atoms with Gasteiger partial charge in [-0.2, -0.15) is 20.3 Å². The summed E-state index contributed by atoms with van der Waals surface area (Å²) in [4.78, 5) is 10.1. The fraction of sp³-hybridized carbons (Fsp3) is 0.167. The minimum Gasteiger partial charge on any atom is -0.382 e. The van der Waals surface area contributed by atoms with Gasteiger partial charge in [-0.1, -0.05) is 12.1 Å². The van der Waals surface area contributed by atoms with Crippen molar-refractivity contribution in [3.8, 4) is 28.6 Å². The summed E-state index contributed by atoms with van der Waals surface area (Å²) >= 11 is 0. The number of nitrogen functional groups attached to an aromatic ring is 1. The lowest BCUT2D eigenvalue weighted by Crippen LogP contribution is -2.07. The molecular formula is C24H20FN9. The maximum atomic E-state index is 14.2. The normalized spacial score (nSPS) is 11.3. The van der Waals surface area contributed by atoms with Crippen LogP contribution in [-0.4, -0.2) is 34.7 Å². The number of rotatable bonds is 5. The average molecular weight is 453 g/mol. The number of hydrogen-bond donors (Lipinski definition) is 1. The van der Waals surface area contributed by atoms with Gasteiger partial charge >= 0.3 is 0 Å². The minimum atomic E-state index is -0.443. The highest BCUT2D eigenvalue weighted by Crippen LogP contribution is 2.38. The molecule has 0 fully saturated rings. The van der Waals surface area contributed by atoms with Crippen LogP contribution in [0.1, 0.15) is 31.1 Å². The number of nitriles is 1. The predicted octanol–water partition coefficient (Wildman–Crippen LogP) is 3.97. The monoisotopic (exact) mass is 453 g/mol. The molecule has 0 radical (unpaired) electrons. The number of aromatic nitrogens is 7. The molecule has 5 aromatic rings. The number of halogens is 1. The molecule has 168 valence electrons. The van der Waals surface area contributed by atoms with Crippen molar-refractivity contribution in [1.82, 2.24) is 34.7 Å². The molecule has 0 saturated carbocycles. The first-order valence-corrected chi connectivity index (χ1v) is 10.6. The van der Waals surface area contributed by atoms with Crippen molar-refractivity contribution in [3.63, 3.8) is 0 Å². The number of nitrogens with two attached hydrogens (primary N) is 1. The summed E-state index contributed by atoms with van der Waals surface area (Å²) in [5, 5.41) is 23.0. The van der Waals surface area contributed by atoms with Gasteiger partial charge in [0.2, 0.25) is 0 Å². The Labute approximate surface area is 194 Å². The third-order valence-corrected chi connectivity index (χ3v) is 5.41. The second-order valence-corrected chi connectivity index (χ2v) is 8.03. The second kappa shape index (κ2) is 8.37.